The molecule has 0 saturated carbocycles. The highest BCUT2D eigenvalue weighted by Crippen LogP contribution is 2.42. The van der Waals surface area contributed by atoms with Gasteiger partial charge in [-0.1, -0.05) is 32.0 Å². The van der Waals surface area contributed by atoms with Crippen LogP contribution in [0.5, 0.6) is 11.6 Å². The van der Waals surface area contributed by atoms with Crippen molar-refractivity contribution < 1.29 is 4.74 Å². The Morgan fingerprint density at radius 2 is 1.86 bits per heavy atom. The van der Waals surface area contributed by atoms with Gasteiger partial charge in [0.05, 0.1) is 5.69 Å². The van der Waals surface area contributed by atoms with Crippen LogP contribution < -0.4 is 4.74 Å². The predicted molar refractivity (Wildman–Crippen MR) is 84.0 cm³/mol. The molecule has 3 rings (SSSR count). The molecule has 0 bridgehead atoms. The first-order valence-electron chi connectivity index (χ1n) is 7.59. The number of rotatable bonds is 2. The van der Waals surface area contributed by atoms with Gasteiger partial charge in [0.15, 0.2) is 0 Å². The largest absolute Gasteiger partial charge is 0.438 e. The van der Waals surface area contributed by atoms with Gasteiger partial charge in [0.25, 0.3) is 0 Å². The van der Waals surface area contributed by atoms with E-state index in [-0.39, 0.29) is 5.41 Å². The fourth-order valence-electron chi connectivity index (χ4n) is 3.14. The van der Waals surface area contributed by atoms with Crippen molar-refractivity contribution >= 4 is 0 Å². The molecule has 0 unspecified atom stereocenters. The van der Waals surface area contributed by atoms with Gasteiger partial charge in [-0.25, -0.2) is 4.98 Å². The molecule has 0 N–H and O–H groups in total. The molecule has 3 heteroatoms. The number of aromatic nitrogens is 2. The summed E-state index contributed by atoms with van der Waals surface area (Å²) in [6.45, 7) is 8.51. The first-order valence-corrected chi connectivity index (χ1v) is 7.59. The summed E-state index contributed by atoms with van der Waals surface area (Å²) < 4.78 is 6.17. The highest BCUT2D eigenvalue weighted by atomic mass is 16.5. The van der Waals surface area contributed by atoms with Crippen molar-refractivity contribution in [2.24, 2.45) is 0 Å². The summed E-state index contributed by atoms with van der Waals surface area (Å²) in [6.07, 6.45) is 3.35. The Balaban J connectivity index is 2.10. The maximum atomic E-state index is 6.17. The molecule has 110 valence electrons. The maximum absolute atomic E-state index is 6.17. The normalized spacial score (nSPS) is 16.4. The van der Waals surface area contributed by atoms with Crippen molar-refractivity contribution in [2.45, 2.75) is 52.4 Å². The molecule has 21 heavy (non-hydrogen) atoms. The van der Waals surface area contributed by atoms with E-state index >= 15 is 0 Å². The lowest BCUT2D eigenvalue weighted by Gasteiger charge is -2.32. The van der Waals surface area contributed by atoms with Gasteiger partial charge in [-0.15, -0.1) is 0 Å². The fourth-order valence-corrected chi connectivity index (χ4v) is 3.14. The molecule has 1 aliphatic rings. The molecule has 1 heterocycles. The molecule has 3 nitrogen and oxygen atoms in total. The minimum Gasteiger partial charge on any atom is -0.438 e. The van der Waals surface area contributed by atoms with E-state index in [4.69, 9.17) is 4.74 Å². The van der Waals surface area contributed by atoms with Gasteiger partial charge in [0.2, 0.25) is 5.88 Å². The number of hydrogen-bond acceptors (Lipinski definition) is 3. The van der Waals surface area contributed by atoms with E-state index in [1.54, 1.807) is 0 Å². The second kappa shape index (κ2) is 5.14. The molecule has 0 atom stereocenters. The van der Waals surface area contributed by atoms with Gasteiger partial charge >= 0.3 is 0 Å². The number of fused-ring (bicyclic) bond motifs is 1. The zero-order valence-electron chi connectivity index (χ0n) is 13.2. The number of benzene rings is 1. The highest BCUT2D eigenvalue weighted by Gasteiger charge is 2.33. The van der Waals surface area contributed by atoms with Crippen LogP contribution in [-0.2, 0) is 11.8 Å². The highest BCUT2D eigenvalue weighted by molar-refractivity contribution is 5.43. The van der Waals surface area contributed by atoms with Gasteiger partial charge in [-0.05, 0) is 50.2 Å². The van der Waals surface area contributed by atoms with Gasteiger partial charge in [-0.3, -0.25) is 0 Å². The molecule has 0 amide bonds. The summed E-state index contributed by atoms with van der Waals surface area (Å²) in [4.78, 5) is 9.23. The topological polar surface area (TPSA) is 35.0 Å². The lowest BCUT2D eigenvalue weighted by atomic mass is 9.75. The van der Waals surface area contributed by atoms with Crippen LogP contribution in [0.1, 0.15) is 49.3 Å². The minimum atomic E-state index is 0.0688. The van der Waals surface area contributed by atoms with Gasteiger partial charge in [0, 0.05) is 5.56 Å². The Morgan fingerprint density at radius 3 is 2.62 bits per heavy atom. The van der Waals surface area contributed by atoms with Gasteiger partial charge in [0.1, 0.15) is 11.6 Å². The van der Waals surface area contributed by atoms with Crippen LogP contribution >= 0.6 is 0 Å². The summed E-state index contributed by atoms with van der Waals surface area (Å²) in [5.74, 6) is 2.39. The van der Waals surface area contributed by atoms with E-state index in [2.05, 4.69) is 36.8 Å². The molecule has 0 aliphatic heterocycles. The number of para-hydroxylation sites is 1. The van der Waals surface area contributed by atoms with Crippen molar-refractivity contribution in [3.8, 4) is 11.6 Å². The Labute approximate surface area is 126 Å². The monoisotopic (exact) mass is 282 g/mol. The smallest absolute Gasteiger partial charge is 0.226 e. The van der Waals surface area contributed by atoms with E-state index in [1.165, 1.54) is 12.0 Å². The van der Waals surface area contributed by atoms with Crippen LogP contribution in [0, 0.1) is 13.8 Å². The summed E-state index contributed by atoms with van der Waals surface area (Å²) >= 11 is 0. The van der Waals surface area contributed by atoms with Crippen LogP contribution in [0.4, 0.5) is 0 Å². The quantitative estimate of drug-likeness (QED) is 0.813. The van der Waals surface area contributed by atoms with Crippen molar-refractivity contribution in [1.82, 2.24) is 9.97 Å². The van der Waals surface area contributed by atoms with Gasteiger partial charge < -0.3 is 4.74 Å². The van der Waals surface area contributed by atoms with Crippen molar-refractivity contribution in [2.75, 3.05) is 0 Å². The van der Waals surface area contributed by atoms with E-state index in [1.807, 2.05) is 25.1 Å². The summed E-state index contributed by atoms with van der Waals surface area (Å²) in [5, 5.41) is 0. The molecule has 1 aromatic heterocycles. The molecule has 1 aromatic carbocycles. The van der Waals surface area contributed by atoms with Crippen LogP contribution in [0.25, 0.3) is 0 Å². The molecular formula is C18H22N2O. The zero-order valence-corrected chi connectivity index (χ0v) is 13.2. The lowest BCUT2D eigenvalue weighted by molar-refractivity contribution is 0.379. The van der Waals surface area contributed by atoms with Crippen LogP contribution in [0.3, 0.4) is 0 Å². The third-order valence-corrected chi connectivity index (χ3v) is 4.25. The number of ether oxygens (including phenoxy) is 1. The fraction of sp³-hybridized carbons (Fsp3) is 0.444. The van der Waals surface area contributed by atoms with Crippen molar-refractivity contribution in [1.29, 1.82) is 0 Å². The van der Waals surface area contributed by atoms with Crippen molar-refractivity contribution in [3.05, 3.63) is 46.9 Å². The summed E-state index contributed by atoms with van der Waals surface area (Å²) in [7, 11) is 0. The molecular weight excluding hydrogens is 260 g/mol. The number of aryl methyl sites for hydroxylation is 3. The van der Waals surface area contributed by atoms with Crippen LogP contribution in [-0.4, -0.2) is 9.97 Å². The maximum Gasteiger partial charge on any atom is 0.226 e. The molecule has 0 spiro atoms. The van der Waals surface area contributed by atoms with E-state index in [0.29, 0.717) is 0 Å². The predicted octanol–water partition coefficient (Wildman–Crippen LogP) is 4.50. The molecule has 0 radical (unpaired) electrons. The van der Waals surface area contributed by atoms with E-state index < -0.39 is 0 Å². The average molecular weight is 282 g/mol. The van der Waals surface area contributed by atoms with Gasteiger partial charge in [-0.2, -0.15) is 4.98 Å². The van der Waals surface area contributed by atoms with E-state index in [0.717, 1.165) is 41.6 Å². The Kier molecular flexibility index (Phi) is 3.44. The number of hydrogen-bond donors (Lipinski definition) is 0. The Bertz CT molecular complexity index is 677. The second-order valence-electron chi connectivity index (χ2n) is 6.50. The Hall–Kier alpha value is -1.90. The lowest BCUT2D eigenvalue weighted by Crippen LogP contribution is -2.26. The first kappa shape index (κ1) is 14.1. The minimum absolute atomic E-state index is 0.0688. The molecule has 1 aliphatic carbocycles. The Morgan fingerprint density at radius 1 is 1.10 bits per heavy atom. The first-order chi connectivity index (χ1) is 9.97. The van der Waals surface area contributed by atoms with Crippen LogP contribution in [0.15, 0.2) is 24.3 Å². The SMILES string of the molecule is Cc1nc2c(c(Oc3ccccc3C)n1)C(C)(C)CCC2. The summed E-state index contributed by atoms with van der Waals surface area (Å²) in [6, 6.07) is 8.07. The standard InChI is InChI=1S/C18H22N2O/c1-12-8-5-6-10-15(12)21-17-16-14(19-13(2)20-17)9-7-11-18(16,3)4/h5-6,8,10H,7,9,11H2,1-4H3. The van der Waals surface area contributed by atoms with E-state index in [9.17, 15) is 0 Å². The molecule has 2 aromatic rings. The van der Waals surface area contributed by atoms with Crippen LogP contribution in [0.2, 0.25) is 0 Å². The summed E-state index contributed by atoms with van der Waals surface area (Å²) in [5.41, 5.74) is 3.53. The van der Waals surface area contributed by atoms with Crippen molar-refractivity contribution in [3.63, 3.8) is 0 Å². The average Bonchev–Trinajstić information content (AvgIpc) is 2.40. The third-order valence-electron chi connectivity index (χ3n) is 4.25. The molecule has 0 fully saturated rings. The molecule has 0 saturated heterocycles. The zero-order chi connectivity index (χ0) is 15.0. The second-order valence-corrected chi connectivity index (χ2v) is 6.50. The third kappa shape index (κ3) is 2.65. The number of nitrogens with zero attached hydrogens (tertiary/aromatic N) is 2.